The molecule has 0 bridgehead atoms. The average Bonchev–Trinajstić information content (AvgIpc) is 1.84. The van der Waals surface area contributed by atoms with Crippen molar-refractivity contribution in [2.75, 3.05) is 0 Å². The summed E-state index contributed by atoms with van der Waals surface area (Å²) in [5.74, 6) is 3.07. The molecule has 0 N–H and O–H groups in total. The van der Waals surface area contributed by atoms with Gasteiger partial charge in [-0.05, 0) is 24.2 Å². The van der Waals surface area contributed by atoms with Crippen molar-refractivity contribution >= 4 is 0 Å². The van der Waals surface area contributed by atoms with Crippen LogP contribution in [-0.4, -0.2) is 0 Å². The molecule has 0 aromatic heterocycles. The standard InChI is InChI=1S/C9H18/c1-4-7(2)9-6-5-8(9)3/h7-9H,4-6H2,1-3H3. The molecule has 0 nitrogen and oxygen atoms in total. The van der Waals surface area contributed by atoms with Gasteiger partial charge in [-0.3, -0.25) is 0 Å². The van der Waals surface area contributed by atoms with Gasteiger partial charge in [0.05, 0.1) is 0 Å². The molecule has 0 amide bonds. The van der Waals surface area contributed by atoms with Crippen molar-refractivity contribution in [1.29, 1.82) is 0 Å². The third-order valence-electron chi connectivity index (χ3n) is 3.06. The first kappa shape index (κ1) is 7.11. The minimum absolute atomic E-state index is 0.980. The SMILES string of the molecule is CCC(C)C1CCC1C. The van der Waals surface area contributed by atoms with Crippen molar-refractivity contribution in [3.05, 3.63) is 0 Å². The van der Waals surface area contributed by atoms with Crippen LogP contribution in [0.4, 0.5) is 0 Å². The Hall–Kier alpha value is 0. The van der Waals surface area contributed by atoms with Crippen molar-refractivity contribution in [2.24, 2.45) is 17.8 Å². The molecule has 9 heavy (non-hydrogen) atoms. The highest BCUT2D eigenvalue weighted by atomic mass is 14.3. The van der Waals surface area contributed by atoms with Gasteiger partial charge in [-0.1, -0.05) is 33.6 Å². The second-order valence-electron chi connectivity index (χ2n) is 3.60. The topological polar surface area (TPSA) is 0 Å². The lowest BCUT2D eigenvalue weighted by molar-refractivity contribution is 0.126. The fraction of sp³-hybridized carbons (Fsp3) is 1.00. The highest BCUT2D eigenvalue weighted by molar-refractivity contribution is 4.80. The minimum atomic E-state index is 0.980. The van der Waals surface area contributed by atoms with Gasteiger partial charge in [0, 0.05) is 0 Å². The Morgan fingerprint density at radius 2 is 2.11 bits per heavy atom. The van der Waals surface area contributed by atoms with E-state index in [0.29, 0.717) is 0 Å². The molecule has 1 aliphatic rings. The van der Waals surface area contributed by atoms with E-state index >= 15 is 0 Å². The van der Waals surface area contributed by atoms with Crippen LogP contribution in [-0.2, 0) is 0 Å². The molecule has 0 aromatic carbocycles. The zero-order valence-corrected chi connectivity index (χ0v) is 6.85. The lowest BCUT2D eigenvalue weighted by atomic mass is 9.68. The van der Waals surface area contributed by atoms with Crippen LogP contribution in [0.3, 0.4) is 0 Å². The van der Waals surface area contributed by atoms with Gasteiger partial charge in [0.2, 0.25) is 0 Å². The van der Waals surface area contributed by atoms with Crippen LogP contribution < -0.4 is 0 Å². The Labute approximate surface area is 58.7 Å². The first-order valence-corrected chi connectivity index (χ1v) is 4.25. The van der Waals surface area contributed by atoms with Crippen molar-refractivity contribution in [2.45, 2.75) is 40.0 Å². The lowest BCUT2D eigenvalue weighted by Gasteiger charge is -2.38. The normalized spacial score (nSPS) is 37.7. The van der Waals surface area contributed by atoms with E-state index in [1.54, 1.807) is 0 Å². The van der Waals surface area contributed by atoms with E-state index in [9.17, 15) is 0 Å². The van der Waals surface area contributed by atoms with Gasteiger partial charge >= 0.3 is 0 Å². The van der Waals surface area contributed by atoms with Gasteiger partial charge in [-0.25, -0.2) is 0 Å². The summed E-state index contributed by atoms with van der Waals surface area (Å²) < 4.78 is 0. The Morgan fingerprint density at radius 3 is 2.22 bits per heavy atom. The summed E-state index contributed by atoms with van der Waals surface area (Å²) in [5.41, 5.74) is 0. The zero-order valence-electron chi connectivity index (χ0n) is 6.85. The van der Waals surface area contributed by atoms with Crippen LogP contribution in [0.1, 0.15) is 40.0 Å². The second kappa shape index (κ2) is 2.72. The first-order chi connectivity index (χ1) is 4.25. The molecule has 0 radical (unpaired) electrons. The summed E-state index contributed by atoms with van der Waals surface area (Å²) in [6, 6.07) is 0. The Kier molecular flexibility index (Phi) is 2.15. The number of hydrogen-bond donors (Lipinski definition) is 0. The largest absolute Gasteiger partial charge is 0.0651 e. The second-order valence-corrected chi connectivity index (χ2v) is 3.60. The molecule has 1 aliphatic carbocycles. The fourth-order valence-corrected chi connectivity index (χ4v) is 1.84. The Balaban J connectivity index is 2.25. The molecule has 0 spiro atoms. The van der Waals surface area contributed by atoms with Crippen molar-refractivity contribution in [3.8, 4) is 0 Å². The smallest absolute Gasteiger partial charge is 0.0363 e. The van der Waals surface area contributed by atoms with Crippen LogP contribution in [0.25, 0.3) is 0 Å². The van der Waals surface area contributed by atoms with Gasteiger partial charge < -0.3 is 0 Å². The summed E-state index contributed by atoms with van der Waals surface area (Å²) in [7, 11) is 0. The molecule has 3 atom stereocenters. The monoisotopic (exact) mass is 126 g/mol. The predicted octanol–water partition coefficient (Wildman–Crippen LogP) is 3.08. The summed E-state index contributed by atoms with van der Waals surface area (Å²) in [6.07, 6.45) is 4.35. The third kappa shape index (κ3) is 1.28. The lowest BCUT2D eigenvalue weighted by Crippen LogP contribution is -2.28. The van der Waals surface area contributed by atoms with Crippen LogP contribution in [0.15, 0.2) is 0 Å². The number of rotatable bonds is 2. The summed E-state index contributed by atoms with van der Waals surface area (Å²) >= 11 is 0. The molecular formula is C9H18. The Morgan fingerprint density at radius 1 is 1.44 bits per heavy atom. The van der Waals surface area contributed by atoms with Crippen LogP contribution >= 0.6 is 0 Å². The maximum atomic E-state index is 2.39. The van der Waals surface area contributed by atoms with Gasteiger partial charge in [0.1, 0.15) is 0 Å². The molecule has 0 aliphatic heterocycles. The van der Waals surface area contributed by atoms with E-state index in [2.05, 4.69) is 20.8 Å². The van der Waals surface area contributed by atoms with E-state index in [1.807, 2.05) is 0 Å². The number of hydrogen-bond acceptors (Lipinski definition) is 0. The molecule has 0 aromatic rings. The molecule has 1 fully saturated rings. The maximum absolute atomic E-state index is 2.39. The summed E-state index contributed by atoms with van der Waals surface area (Å²) in [4.78, 5) is 0. The minimum Gasteiger partial charge on any atom is -0.0651 e. The van der Waals surface area contributed by atoms with E-state index in [-0.39, 0.29) is 0 Å². The zero-order chi connectivity index (χ0) is 6.85. The maximum Gasteiger partial charge on any atom is -0.0363 e. The molecular weight excluding hydrogens is 108 g/mol. The van der Waals surface area contributed by atoms with Crippen molar-refractivity contribution in [1.82, 2.24) is 0 Å². The molecule has 0 saturated heterocycles. The highest BCUT2D eigenvalue weighted by Gasteiger charge is 2.29. The highest BCUT2D eigenvalue weighted by Crippen LogP contribution is 2.40. The van der Waals surface area contributed by atoms with Gasteiger partial charge in [-0.2, -0.15) is 0 Å². The van der Waals surface area contributed by atoms with Crippen molar-refractivity contribution < 1.29 is 0 Å². The predicted molar refractivity (Wildman–Crippen MR) is 41.3 cm³/mol. The van der Waals surface area contributed by atoms with Gasteiger partial charge in [-0.15, -0.1) is 0 Å². The van der Waals surface area contributed by atoms with Crippen LogP contribution in [0.5, 0.6) is 0 Å². The molecule has 0 heteroatoms. The molecule has 3 unspecified atom stereocenters. The van der Waals surface area contributed by atoms with E-state index in [4.69, 9.17) is 0 Å². The Bertz CT molecular complexity index is 86.0. The van der Waals surface area contributed by atoms with E-state index in [0.717, 1.165) is 17.8 Å². The third-order valence-corrected chi connectivity index (χ3v) is 3.06. The quantitative estimate of drug-likeness (QED) is 0.533. The van der Waals surface area contributed by atoms with Gasteiger partial charge in [0.25, 0.3) is 0 Å². The average molecular weight is 126 g/mol. The van der Waals surface area contributed by atoms with E-state index in [1.165, 1.54) is 19.3 Å². The first-order valence-electron chi connectivity index (χ1n) is 4.25. The van der Waals surface area contributed by atoms with E-state index < -0.39 is 0 Å². The van der Waals surface area contributed by atoms with Crippen molar-refractivity contribution in [3.63, 3.8) is 0 Å². The molecule has 54 valence electrons. The molecule has 1 saturated carbocycles. The van der Waals surface area contributed by atoms with Crippen LogP contribution in [0.2, 0.25) is 0 Å². The molecule has 1 rings (SSSR count). The van der Waals surface area contributed by atoms with Gasteiger partial charge in [0.15, 0.2) is 0 Å². The summed E-state index contributed by atoms with van der Waals surface area (Å²) in [5, 5.41) is 0. The van der Waals surface area contributed by atoms with Crippen LogP contribution in [0, 0.1) is 17.8 Å². The molecule has 0 heterocycles. The fourth-order valence-electron chi connectivity index (χ4n) is 1.84. The summed E-state index contributed by atoms with van der Waals surface area (Å²) in [6.45, 7) is 7.08.